The molecule has 2 rings (SSSR count). The monoisotopic (exact) mass is 272 g/mol. The van der Waals surface area contributed by atoms with Crippen LogP contribution in [0.25, 0.3) is 0 Å². The molecule has 1 aliphatic rings. The van der Waals surface area contributed by atoms with Crippen molar-refractivity contribution in [1.29, 1.82) is 0 Å². The highest BCUT2D eigenvalue weighted by molar-refractivity contribution is 5.06. The minimum atomic E-state index is -0.760. The fourth-order valence-electron chi connectivity index (χ4n) is 2.14. The molecule has 0 spiro atoms. The van der Waals surface area contributed by atoms with Crippen molar-refractivity contribution in [2.24, 2.45) is 0 Å². The summed E-state index contributed by atoms with van der Waals surface area (Å²) in [6.07, 6.45) is -1.35. The number of aromatic amines is 1. The van der Waals surface area contributed by atoms with E-state index >= 15 is 0 Å². The molecule has 1 aromatic heterocycles. The number of aliphatic hydroxyl groups excluding tert-OH is 1. The van der Waals surface area contributed by atoms with Crippen LogP contribution in [0.15, 0.2) is 15.7 Å². The molecule has 0 amide bonds. The molecule has 8 nitrogen and oxygen atoms in total. The van der Waals surface area contributed by atoms with Crippen LogP contribution in [-0.2, 0) is 9.47 Å². The van der Waals surface area contributed by atoms with Gasteiger partial charge >= 0.3 is 5.69 Å². The first-order valence-electron chi connectivity index (χ1n) is 5.79. The zero-order chi connectivity index (χ0) is 14.0. The highest BCUT2D eigenvalue weighted by Gasteiger charge is 2.37. The van der Waals surface area contributed by atoms with Crippen LogP contribution in [0.2, 0.25) is 0 Å². The maximum atomic E-state index is 11.9. The number of H-pyrrole nitrogens is 1. The lowest BCUT2D eigenvalue weighted by Gasteiger charge is -2.14. The summed E-state index contributed by atoms with van der Waals surface area (Å²) in [6, 6.07) is 1.17. The molecule has 19 heavy (non-hydrogen) atoms. The molecule has 1 fully saturated rings. The molecule has 1 aliphatic heterocycles. The molecular weight excluding hydrogens is 256 g/mol. The largest absolute Gasteiger partial charge is 0.482 e. The lowest BCUT2D eigenvalue weighted by Crippen LogP contribution is -2.37. The summed E-state index contributed by atoms with van der Waals surface area (Å²) in [7, 11) is 2.84. The Kier molecular flexibility index (Phi) is 4.03. The predicted molar refractivity (Wildman–Crippen MR) is 64.3 cm³/mol. The van der Waals surface area contributed by atoms with Gasteiger partial charge in [0.2, 0.25) is 0 Å². The number of nitrogens with zero attached hydrogens (tertiary/aromatic N) is 1. The number of hydrogen-bond acceptors (Lipinski definition) is 6. The van der Waals surface area contributed by atoms with Gasteiger partial charge in [-0.15, -0.1) is 0 Å². The van der Waals surface area contributed by atoms with E-state index in [1.54, 1.807) is 0 Å². The lowest BCUT2D eigenvalue weighted by atomic mass is 10.2. The van der Waals surface area contributed by atoms with Gasteiger partial charge in [0.25, 0.3) is 5.56 Å². The van der Waals surface area contributed by atoms with E-state index in [2.05, 4.69) is 4.98 Å². The molecule has 1 aromatic rings. The van der Waals surface area contributed by atoms with Gasteiger partial charge in [-0.05, 0) is 0 Å². The quantitative estimate of drug-likeness (QED) is 0.716. The normalized spacial score (nSPS) is 26.6. The minimum Gasteiger partial charge on any atom is -0.482 e. The molecule has 3 atom stereocenters. The molecular formula is C11H16N2O6. The van der Waals surface area contributed by atoms with Crippen LogP contribution in [0.3, 0.4) is 0 Å². The SMILES string of the molecule is COc1cc(=O)n([C@H]2C[C@H](OC)[C@@H](CO)O2)c(=O)[nH]1. The molecule has 0 unspecified atom stereocenters. The molecule has 106 valence electrons. The average Bonchev–Trinajstić information content (AvgIpc) is 2.80. The number of hydrogen-bond donors (Lipinski definition) is 2. The standard InChI is InChI=1S/C11H16N2O6/c1-17-6-3-10(19-7(6)5-14)13-9(15)4-8(18-2)12-11(13)16/h4,6-7,10,14H,3,5H2,1-2H3,(H,12,16)/t6-,7+,10+/m0/s1. The maximum Gasteiger partial charge on any atom is 0.333 e. The van der Waals surface area contributed by atoms with E-state index in [0.29, 0.717) is 6.42 Å². The van der Waals surface area contributed by atoms with Crippen LogP contribution in [0, 0.1) is 0 Å². The van der Waals surface area contributed by atoms with E-state index in [9.17, 15) is 9.59 Å². The Labute approximate surface area is 108 Å². The van der Waals surface area contributed by atoms with Gasteiger partial charge in [0.1, 0.15) is 12.3 Å². The van der Waals surface area contributed by atoms with Crippen molar-refractivity contribution in [3.63, 3.8) is 0 Å². The minimum absolute atomic E-state index is 0.0891. The van der Waals surface area contributed by atoms with Gasteiger partial charge in [0.15, 0.2) is 5.88 Å². The first-order valence-corrected chi connectivity index (χ1v) is 5.79. The molecule has 0 saturated carbocycles. The number of ether oxygens (including phenoxy) is 3. The van der Waals surface area contributed by atoms with E-state index in [1.807, 2.05) is 0 Å². The molecule has 0 aliphatic carbocycles. The highest BCUT2D eigenvalue weighted by atomic mass is 16.6. The maximum absolute atomic E-state index is 11.9. The fourth-order valence-corrected chi connectivity index (χ4v) is 2.14. The predicted octanol–water partition coefficient (Wildman–Crippen LogP) is -1.16. The summed E-state index contributed by atoms with van der Waals surface area (Å²) < 4.78 is 16.4. The Morgan fingerprint density at radius 2 is 2.26 bits per heavy atom. The Morgan fingerprint density at radius 1 is 1.53 bits per heavy atom. The summed E-state index contributed by atoms with van der Waals surface area (Å²) in [6.45, 7) is -0.238. The zero-order valence-corrected chi connectivity index (χ0v) is 10.7. The van der Waals surface area contributed by atoms with Gasteiger partial charge in [0, 0.05) is 13.5 Å². The zero-order valence-electron chi connectivity index (χ0n) is 10.7. The topological polar surface area (TPSA) is 103 Å². The van der Waals surface area contributed by atoms with Crippen molar-refractivity contribution < 1.29 is 19.3 Å². The van der Waals surface area contributed by atoms with Crippen molar-refractivity contribution in [2.45, 2.75) is 24.9 Å². The van der Waals surface area contributed by atoms with Crippen LogP contribution in [0.5, 0.6) is 5.88 Å². The Hall–Kier alpha value is -1.64. The first-order chi connectivity index (χ1) is 9.10. The van der Waals surface area contributed by atoms with Gasteiger partial charge in [-0.25, -0.2) is 9.36 Å². The van der Waals surface area contributed by atoms with Crippen molar-refractivity contribution in [3.8, 4) is 5.88 Å². The number of rotatable bonds is 4. The Balaban J connectivity index is 2.34. The van der Waals surface area contributed by atoms with Gasteiger partial charge in [0.05, 0.1) is 25.9 Å². The van der Waals surface area contributed by atoms with E-state index in [0.717, 1.165) is 4.57 Å². The van der Waals surface area contributed by atoms with Crippen molar-refractivity contribution in [1.82, 2.24) is 9.55 Å². The molecule has 0 bridgehead atoms. The Morgan fingerprint density at radius 3 is 2.74 bits per heavy atom. The number of nitrogens with one attached hydrogen (secondary N) is 1. The molecule has 0 radical (unpaired) electrons. The number of methoxy groups -OCH3 is 2. The molecule has 2 N–H and O–H groups in total. The lowest BCUT2D eigenvalue weighted by molar-refractivity contribution is -0.0544. The second-order valence-corrected chi connectivity index (χ2v) is 4.17. The summed E-state index contributed by atoms with van der Waals surface area (Å²) in [4.78, 5) is 26.1. The second kappa shape index (κ2) is 5.55. The summed E-state index contributed by atoms with van der Waals surface area (Å²) >= 11 is 0. The third-order valence-corrected chi connectivity index (χ3v) is 3.11. The fraction of sp³-hybridized carbons (Fsp3) is 0.636. The summed E-state index contributed by atoms with van der Waals surface area (Å²) in [5.74, 6) is 0.0891. The highest BCUT2D eigenvalue weighted by Crippen LogP contribution is 2.28. The smallest absolute Gasteiger partial charge is 0.333 e. The van der Waals surface area contributed by atoms with Gasteiger partial charge in [-0.1, -0.05) is 0 Å². The average molecular weight is 272 g/mol. The van der Waals surface area contributed by atoms with Crippen LogP contribution >= 0.6 is 0 Å². The number of aliphatic hydroxyl groups is 1. The molecule has 0 aromatic carbocycles. The van der Waals surface area contributed by atoms with Crippen molar-refractivity contribution >= 4 is 0 Å². The third kappa shape index (κ3) is 2.55. The van der Waals surface area contributed by atoms with Crippen molar-refractivity contribution in [2.75, 3.05) is 20.8 Å². The van der Waals surface area contributed by atoms with Gasteiger partial charge in [-0.3, -0.25) is 9.78 Å². The van der Waals surface area contributed by atoms with E-state index in [4.69, 9.17) is 19.3 Å². The first kappa shape index (κ1) is 13.8. The van der Waals surface area contributed by atoms with Crippen molar-refractivity contribution in [3.05, 3.63) is 26.9 Å². The summed E-state index contributed by atoms with van der Waals surface area (Å²) in [5, 5.41) is 9.15. The van der Waals surface area contributed by atoms with Crippen LogP contribution < -0.4 is 16.0 Å². The van der Waals surface area contributed by atoms with Gasteiger partial charge in [-0.2, -0.15) is 0 Å². The number of aromatic nitrogens is 2. The third-order valence-electron chi connectivity index (χ3n) is 3.11. The Bertz CT molecular complexity index is 508. The van der Waals surface area contributed by atoms with E-state index in [1.165, 1.54) is 20.3 Å². The van der Waals surface area contributed by atoms with E-state index < -0.39 is 23.6 Å². The van der Waals surface area contributed by atoms with E-state index in [-0.39, 0.29) is 18.6 Å². The van der Waals surface area contributed by atoms with Gasteiger partial charge < -0.3 is 19.3 Å². The summed E-state index contributed by atoms with van der Waals surface area (Å²) in [5.41, 5.74) is -1.15. The van der Waals surface area contributed by atoms with Crippen LogP contribution in [0.4, 0.5) is 0 Å². The van der Waals surface area contributed by atoms with Crippen LogP contribution in [-0.4, -0.2) is 47.7 Å². The molecule has 8 heteroatoms. The van der Waals surface area contributed by atoms with Crippen LogP contribution in [0.1, 0.15) is 12.6 Å². The molecule has 1 saturated heterocycles. The second-order valence-electron chi connectivity index (χ2n) is 4.17. The molecule has 2 heterocycles.